The highest BCUT2D eigenvalue weighted by atomic mass is 79.9. The van der Waals surface area contributed by atoms with Crippen LogP contribution in [0, 0.1) is 5.92 Å². The molecule has 0 atom stereocenters. The zero-order valence-electron chi connectivity index (χ0n) is 12.3. The van der Waals surface area contributed by atoms with Gasteiger partial charge >= 0.3 is 0 Å². The van der Waals surface area contributed by atoms with E-state index in [1.807, 2.05) is 24.3 Å². The summed E-state index contributed by atoms with van der Waals surface area (Å²) in [7, 11) is 0. The topological polar surface area (TPSA) is 47.0 Å². The molecule has 0 bridgehead atoms. The van der Waals surface area contributed by atoms with E-state index in [9.17, 15) is 0 Å². The minimum Gasteiger partial charge on any atom is -0.472 e. The Morgan fingerprint density at radius 2 is 2.10 bits per heavy atom. The molecule has 21 heavy (non-hydrogen) atoms. The number of aromatic nitrogens is 2. The van der Waals surface area contributed by atoms with Gasteiger partial charge in [0.05, 0.1) is 18.1 Å². The van der Waals surface area contributed by atoms with Gasteiger partial charge in [-0.3, -0.25) is 4.98 Å². The van der Waals surface area contributed by atoms with E-state index < -0.39 is 0 Å². The predicted molar refractivity (Wildman–Crippen MR) is 87.1 cm³/mol. The van der Waals surface area contributed by atoms with Crippen LogP contribution < -0.4 is 10.1 Å². The second-order valence-electron chi connectivity index (χ2n) is 5.29. The van der Waals surface area contributed by atoms with Crippen molar-refractivity contribution in [1.82, 2.24) is 15.3 Å². The van der Waals surface area contributed by atoms with Gasteiger partial charge in [-0.1, -0.05) is 41.9 Å². The summed E-state index contributed by atoms with van der Waals surface area (Å²) in [5, 5.41) is 3.34. The van der Waals surface area contributed by atoms with Crippen LogP contribution >= 0.6 is 15.9 Å². The van der Waals surface area contributed by atoms with Crippen molar-refractivity contribution in [2.24, 2.45) is 5.92 Å². The van der Waals surface area contributed by atoms with Crippen LogP contribution in [0.15, 0.2) is 41.1 Å². The van der Waals surface area contributed by atoms with Gasteiger partial charge in [-0.15, -0.1) is 0 Å². The first-order valence-electron chi connectivity index (χ1n) is 7.02. The summed E-state index contributed by atoms with van der Waals surface area (Å²) >= 11 is 3.44. The Labute approximate surface area is 134 Å². The van der Waals surface area contributed by atoms with E-state index in [2.05, 4.69) is 45.1 Å². The van der Waals surface area contributed by atoms with Gasteiger partial charge in [-0.05, 0) is 30.2 Å². The summed E-state index contributed by atoms with van der Waals surface area (Å²) in [5.41, 5.74) is 2.01. The molecule has 1 aromatic heterocycles. The lowest BCUT2D eigenvalue weighted by Crippen LogP contribution is -2.19. The fraction of sp³-hybridized carbons (Fsp3) is 0.375. The van der Waals surface area contributed by atoms with E-state index in [0.29, 0.717) is 18.4 Å². The van der Waals surface area contributed by atoms with Gasteiger partial charge in [0.2, 0.25) is 5.88 Å². The van der Waals surface area contributed by atoms with Crippen molar-refractivity contribution in [3.8, 4) is 5.88 Å². The number of halogens is 1. The number of ether oxygens (including phenoxy) is 1. The molecule has 0 saturated carbocycles. The van der Waals surface area contributed by atoms with Crippen molar-refractivity contribution in [2.75, 3.05) is 6.54 Å². The standard InChI is InChI=1S/C16H20BrN3O/c1-12(2)7-18-8-15-9-20-16(10-19-15)21-11-13-4-3-5-14(17)6-13/h3-6,9-10,12,18H,7-8,11H2,1-2H3. The second kappa shape index (κ2) is 8.10. The van der Waals surface area contributed by atoms with E-state index in [4.69, 9.17) is 4.74 Å². The van der Waals surface area contributed by atoms with Crippen molar-refractivity contribution >= 4 is 15.9 Å². The molecule has 1 aromatic carbocycles. The van der Waals surface area contributed by atoms with Gasteiger partial charge in [-0.2, -0.15) is 0 Å². The quantitative estimate of drug-likeness (QED) is 0.829. The Balaban J connectivity index is 1.82. The summed E-state index contributed by atoms with van der Waals surface area (Å²) in [6.07, 6.45) is 3.42. The fourth-order valence-corrected chi connectivity index (χ4v) is 2.23. The zero-order chi connectivity index (χ0) is 15.1. The van der Waals surface area contributed by atoms with Crippen LogP contribution in [-0.4, -0.2) is 16.5 Å². The Morgan fingerprint density at radius 1 is 1.24 bits per heavy atom. The van der Waals surface area contributed by atoms with Crippen molar-refractivity contribution in [3.05, 3.63) is 52.4 Å². The van der Waals surface area contributed by atoms with Crippen LogP contribution in [0.1, 0.15) is 25.1 Å². The van der Waals surface area contributed by atoms with Crippen LogP contribution in [0.25, 0.3) is 0 Å². The lowest BCUT2D eigenvalue weighted by Gasteiger charge is -2.08. The van der Waals surface area contributed by atoms with Crippen LogP contribution in [0.2, 0.25) is 0 Å². The maximum absolute atomic E-state index is 5.63. The van der Waals surface area contributed by atoms with Crippen molar-refractivity contribution < 1.29 is 4.74 Å². The molecule has 112 valence electrons. The number of hydrogen-bond donors (Lipinski definition) is 1. The molecule has 0 unspecified atom stereocenters. The van der Waals surface area contributed by atoms with E-state index in [0.717, 1.165) is 28.8 Å². The van der Waals surface area contributed by atoms with E-state index in [1.165, 1.54) is 0 Å². The number of nitrogens with zero attached hydrogens (tertiary/aromatic N) is 2. The SMILES string of the molecule is CC(C)CNCc1cnc(OCc2cccc(Br)c2)cn1. The number of rotatable bonds is 7. The average molecular weight is 350 g/mol. The molecule has 0 aliphatic rings. The van der Waals surface area contributed by atoms with Gasteiger partial charge in [0.25, 0.3) is 0 Å². The van der Waals surface area contributed by atoms with Gasteiger partial charge in [0, 0.05) is 11.0 Å². The van der Waals surface area contributed by atoms with Crippen LogP contribution in [-0.2, 0) is 13.2 Å². The summed E-state index contributed by atoms with van der Waals surface area (Å²) in [4.78, 5) is 8.62. The lowest BCUT2D eigenvalue weighted by molar-refractivity contribution is 0.292. The average Bonchev–Trinajstić information content (AvgIpc) is 2.46. The molecular weight excluding hydrogens is 330 g/mol. The molecule has 0 aliphatic carbocycles. The third kappa shape index (κ3) is 5.81. The fourth-order valence-electron chi connectivity index (χ4n) is 1.78. The molecule has 0 radical (unpaired) electrons. The first-order chi connectivity index (χ1) is 10.1. The zero-order valence-corrected chi connectivity index (χ0v) is 13.9. The van der Waals surface area contributed by atoms with E-state index in [-0.39, 0.29) is 0 Å². The first-order valence-corrected chi connectivity index (χ1v) is 7.81. The predicted octanol–water partition coefficient (Wildman–Crippen LogP) is 3.56. The highest BCUT2D eigenvalue weighted by molar-refractivity contribution is 9.10. The molecule has 4 nitrogen and oxygen atoms in total. The Hall–Kier alpha value is -1.46. The molecular formula is C16H20BrN3O. The normalized spacial score (nSPS) is 10.9. The smallest absolute Gasteiger partial charge is 0.232 e. The highest BCUT2D eigenvalue weighted by Gasteiger charge is 2.01. The van der Waals surface area contributed by atoms with Crippen LogP contribution in [0.4, 0.5) is 0 Å². The minimum absolute atomic E-state index is 0.485. The van der Waals surface area contributed by atoms with Gasteiger partial charge < -0.3 is 10.1 Å². The second-order valence-corrected chi connectivity index (χ2v) is 6.20. The third-order valence-electron chi connectivity index (χ3n) is 2.82. The summed E-state index contributed by atoms with van der Waals surface area (Å²) < 4.78 is 6.67. The number of nitrogens with one attached hydrogen (secondary N) is 1. The lowest BCUT2D eigenvalue weighted by atomic mass is 10.2. The van der Waals surface area contributed by atoms with E-state index in [1.54, 1.807) is 12.4 Å². The van der Waals surface area contributed by atoms with E-state index >= 15 is 0 Å². The van der Waals surface area contributed by atoms with Crippen molar-refractivity contribution in [2.45, 2.75) is 27.0 Å². The maximum atomic E-state index is 5.63. The minimum atomic E-state index is 0.485. The molecule has 0 saturated heterocycles. The summed E-state index contributed by atoms with van der Waals surface area (Å²) in [6, 6.07) is 8.01. The summed E-state index contributed by atoms with van der Waals surface area (Å²) in [5.74, 6) is 1.17. The van der Waals surface area contributed by atoms with Gasteiger partial charge in [-0.25, -0.2) is 4.98 Å². The van der Waals surface area contributed by atoms with Crippen molar-refractivity contribution in [3.63, 3.8) is 0 Å². The molecule has 0 amide bonds. The Kier molecular flexibility index (Phi) is 6.14. The largest absolute Gasteiger partial charge is 0.472 e. The Bertz CT molecular complexity index is 558. The van der Waals surface area contributed by atoms with Gasteiger partial charge in [0.15, 0.2) is 0 Å². The third-order valence-corrected chi connectivity index (χ3v) is 3.31. The molecule has 2 rings (SSSR count). The number of hydrogen-bond acceptors (Lipinski definition) is 4. The highest BCUT2D eigenvalue weighted by Crippen LogP contribution is 2.13. The molecule has 1 heterocycles. The molecule has 1 N–H and O–H groups in total. The monoisotopic (exact) mass is 349 g/mol. The Morgan fingerprint density at radius 3 is 2.76 bits per heavy atom. The molecule has 0 fully saturated rings. The summed E-state index contributed by atoms with van der Waals surface area (Å²) in [6.45, 7) is 6.55. The molecule has 2 aromatic rings. The first kappa shape index (κ1) is 15.9. The van der Waals surface area contributed by atoms with Crippen molar-refractivity contribution in [1.29, 1.82) is 0 Å². The molecule has 5 heteroatoms. The van der Waals surface area contributed by atoms with Crippen LogP contribution in [0.5, 0.6) is 5.88 Å². The van der Waals surface area contributed by atoms with Gasteiger partial charge in [0.1, 0.15) is 6.61 Å². The molecule has 0 aliphatic heterocycles. The maximum Gasteiger partial charge on any atom is 0.232 e. The number of benzene rings is 1. The van der Waals surface area contributed by atoms with Crippen LogP contribution in [0.3, 0.4) is 0 Å². The molecule has 0 spiro atoms.